The Morgan fingerprint density at radius 1 is 0.806 bits per heavy atom. The van der Waals surface area contributed by atoms with Crippen LogP contribution in [-0.4, -0.2) is 33.6 Å². The van der Waals surface area contributed by atoms with E-state index >= 15 is 0 Å². The number of amides is 1. The van der Waals surface area contributed by atoms with Gasteiger partial charge in [-0.25, -0.2) is 4.79 Å². The molecule has 1 aromatic carbocycles. The number of rotatable bonds is 18. The number of aliphatic carboxylic acids is 2. The molecule has 0 heterocycles. The molecule has 0 bridgehead atoms. The molecule has 1 rings (SSSR count). The van der Waals surface area contributed by atoms with Gasteiger partial charge in [0.1, 0.15) is 0 Å². The SMILES string of the molecule is CCCCCCCCCCCCCC(=O)N[C@](CC(=O)O)(Cc1ccccc1)C(=O)O. The maximum absolute atomic E-state index is 12.4. The van der Waals surface area contributed by atoms with Crippen molar-refractivity contribution < 1.29 is 24.6 Å². The van der Waals surface area contributed by atoms with Crippen molar-refractivity contribution in [3.05, 3.63) is 35.9 Å². The van der Waals surface area contributed by atoms with Crippen LogP contribution in [-0.2, 0) is 20.8 Å². The number of carbonyl (C=O) groups is 3. The fourth-order valence-electron chi connectivity index (χ4n) is 3.84. The summed E-state index contributed by atoms with van der Waals surface area (Å²) < 4.78 is 0. The minimum absolute atomic E-state index is 0.0700. The van der Waals surface area contributed by atoms with Gasteiger partial charge in [0.2, 0.25) is 5.91 Å². The summed E-state index contributed by atoms with van der Waals surface area (Å²) in [5.74, 6) is -2.99. The zero-order valence-electron chi connectivity index (χ0n) is 18.9. The molecule has 0 aliphatic rings. The van der Waals surface area contributed by atoms with Crippen LogP contribution in [0.25, 0.3) is 0 Å². The van der Waals surface area contributed by atoms with Crippen molar-refractivity contribution in [2.75, 3.05) is 0 Å². The summed E-state index contributed by atoms with van der Waals surface area (Å²) >= 11 is 0. The highest BCUT2D eigenvalue weighted by Gasteiger charge is 2.42. The summed E-state index contributed by atoms with van der Waals surface area (Å²) in [7, 11) is 0. The van der Waals surface area contributed by atoms with Crippen LogP contribution in [0.2, 0.25) is 0 Å². The third-order valence-electron chi connectivity index (χ3n) is 5.60. The Labute approximate surface area is 186 Å². The lowest BCUT2D eigenvalue weighted by Crippen LogP contribution is -2.57. The minimum Gasteiger partial charge on any atom is -0.481 e. The maximum atomic E-state index is 12.4. The average Bonchev–Trinajstić information content (AvgIpc) is 2.72. The van der Waals surface area contributed by atoms with Crippen molar-refractivity contribution in [1.82, 2.24) is 5.32 Å². The molecule has 1 aromatic rings. The van der Waals surface area contributed by atoms with Crippen LogP contribution in [0.5, 0.6) is 0 Å². The first-order chi connectivity index (χ1) is 14.9. The van der Waals surface area contributed by atoms with Crippen LogP contribution in [0.15, 0.2) is 30.3 Å². The molecule has 0 aliphatic carbocycles. The predicted molar refractivity (Wildman–Crippen MR) is 122 cm³/mol. The lowest BCUT2D eigenvalue weighted by Gasteiger charge is -2.29. The molecule has 0 unspecified atom stereocenters. The summed E-state index contributed by atoms with van der Waals surface area (Å²) in [6.07, 6.45) is 12.3. The van der Waals surface area contributed by atoms with E-state index in [1.807, 2.05) is 0 Å². The Morgan fingerprint density at radius 2 is 1.32 bits per heavy atom. The van der Waals surface area contributed by atoms with Gasteiger partial charge in [-0.05, 0) is 12.0 Å². The molecule has 0 saturated carbocycles. The molecule has 0 saturated heterocycles. The van der Waals surface area contributed by atoms with Crippen LogP contribution in [0, 0.1) is 0 Å². The summed E-state index contributed by atoms with van der Waals surface area (Å²) in [6, 6.07) is 8.78. The van der Waals surface area contributed by atoms with Crippen molar-refractivity contribution in [2.24, 2.45) is 0 Å². The molecule has 0 spiro atoms. The van der Waals surface area contributed by atoms with Gasteiger partial charge in [0.05, 0.1) is 6.42 Å². The highest BCUT2D eigenvalue weighted by atomic mass is 16.4. The average molecular weight is 434 g/mol. The van der Waals surface area contributed by atoms with Gasteiger partial charge in [0.15, 0.2) is 5.54 Å². The molecular formula is C25H39NO5. The molecular weight excluding hydrogens is 394 g/mol. The van der Waals surface area contributed by atoms with E-state index in [9.17, 15) is 24.6 Å². The van der Waals surface area contributed by atoms with Gasteiger partial charge >= 0.3 is 11.9 Å². The van der Waals surface area contributed by atoms with E-state index in [0.717, 1.165) is 19.3 Å². The van der Waals surface area contributed by atoms with Crippen LogP contribution in [0.4, 0.5) is 0 Å². The zero-order valence-corrected chi connectivity index (χ0v) is 18.9. The van der Waals surface area contributed by atoms with Crippen LogP contribution >= 0.6 is 0 Å². The van der Waals surface area contributed by atoms with Crippen LogP contribution < -0.4 is 5.32 Å². The van der Waals surface area contributed by atoms with Gasteiger partial charge in [-0.2, -0.15) is 0 Å². The largest absolute Gasteiger partial charge is 0.481 e. The molecule has 1 atom stereocenters. The quantitative estimate of drug-likeness (QED) is 0.271. The first kappa shape index (κ1) is 26.7. The standard InChI is InChI=1S/C25H39NO5/c1-2-3-4-5-6-7-8-9-10-11-15-18-22(27)26-25(24(30)31,20-23(28)29)19-21-16-13-12-14-17-21/h12-14,16-17H,2-11,15,18-20H2,1H3,(H,26,27)(H,28,29)(H,30,31)/t25-/m0/s1. The summed E-state index contributed by atoms with van der Waals surface area (Å²) in [6.45, 7) is 2.22. The second-order valence-electron chi connectivity index (χ2n) is 8.45. The third kappa shape index (κ3) is 11.6. The monoisotopic (exact) mass is 433 g/mol. The molecule has 31 heavy (non-hydrogen) atoms. The van der Waals surface area contributed by atoms with Crippen molar-refractivity contribution in [3.63, 3.8) is 0 Å². The Bertz CT molecular complexity index is 661. The van der Waals surface area contributed by atoms with Crippen molar-refractivity contribution in [1.29, 1.82) is 0 Å². The fourth-order valence-corrected chi connectivity index (χ4v) is 3.84. The Balaban J connectivity index is 2.40. The topological polar surface area (TPSA) is 104 Å². The van der Waals surface area contributed by atoms with Crippen molar-refractivity contribution >= 4 is 17.8 Å². The van der Waals surface area contributed by atoms with Gasteiger partial charge in [-0.15, -0.1) is 0 Å². The van der Waals surface area contributed by atoms with Gasteiger partial charge in [-0.3, -0.25) is 9.59 Å². The van der Waals surface area contributed by atoms with Crippen molar-refractivity contribution in [3.8, 4) is 0 Å². The molecule has 0 aromatic heterocycles. The number of carboxylic acids is 2. The summed E-state index contributed by atoms with van der Waals surface area (Å²) in [5.41, 5.74) is -1.18. The van der Waals surface area contributed by atoms with E-state index in [1.54, 1.807) is 30.3 Å². The lowest BCUT2D eigenvalue weighted by atomic mass is 9.87. The zero-order chi connectivity index (χ0) is 23.0. The molecule has 1 amide bonds. The molecule has 0 aliphatic heterocycles. The first-order valence-corrected chi connectivity index (χ1v) is 11.7. The van der Waals surface area contributed by atoms with E-state index in [0.29, 0.717) is 12.0 Å². The Hall–Kier alpha value is -2.37. The number of carbonyl (C=O) groups excluding carboxylic acids is 1. The molecule has 6 heteroatoms. The third-order valence-corrected chi connectivity index (χ3v) is 5.60. The molecule has 0 radical (unpaired) electrons. The Morgan fingerprint density at radius 3 is 1.81 bits per heavy atom. The molecule has 174 valence electrons. The molecule has 6 nitrogen and oxygen atoms in total. The van der Waals surface area contributed by atoms with Crippen LogP contribution in [0.3, 0.4) is 0 Å². The minimum atomic E-state index is -1.85. The number of hydrogen-bond donors (Lipinski definition) is 3. The normalized spacial score (nSPS) is 12.8. The van der Waals surface area contributed by atoms with Gasteiger partial charge < -0.3 is 15.5 Å². The predicted octanol–water partition coefficient (Wildman–Crippen LogP) is 5.34. The number of nitrogens with one attached hydrogen (secondary N) is 1. The second kappa shape index (κ2) is 15.4. The highest BCUT2D eigenvalue weighted by molar-refractivity contribution is 5.91. The fraction of sp³-hybridized carbons (Fsp3) is 0.640. The van der Waals surface area contributed by atoms with Crippen LogP contribution in [0.1, 0.15) is 96.0 Å². The first-order valence-electron chi connectivity index (χ1n) is 11.7. The highest BCUT2D eigenvalue weighted by Crippen LogP contribution is 2.20. The maximum Gasteiger partial charge on any atom is 0.330 e. The van der Waals surface area contributed by atoms with E-state index in [-0.39, 0.29) is 12.8 Å². The number of carboxylic acid groups (broad SMARTS) is 2. The number of hydrogen-bond acceptors (Lipinski definition) is 3. The molecule has 3 N–H and O–H groups in total. The van der Waals surface area contributed by atoms with Gasteiger partial charge in [0, 0.05) is 12.8 Å². The number of unbranched alkanes of at least 4 members (excludes halogenated alkanes) is 10. The van der Waals surface area contributed by atoms with E-state index < -0.39 is 29.8 Å². The summed E-state index contributed by atoms with van der Waals surface area (Å²) in [4.78, 5) is 35.7. The van der Waals surface area contributed by atoms with Gasteiger partial charge in [-0.1, -0.05) is 101 Å². The smallest absolute Gasteiger partial charge is 0.330 e. The van der Waals surface area contributed by atoms with Crippen molar-refractivity contribution in [2.45, 2.75) is 102 Å². The van der Waals surface area contributed by atoms with E-state index in [1.165, 1.54) is 44.9 Å². The Kier molecular flexibility index (Phi) is 13.3. The van der Waals surface area contributed by atoms with E-state index in [2.05, 4.69) is 12.2 Å². The second-order valence-corrected chi connectivity index (χ2v) is 8.45. The summed E-state index contributed by atoms with van der Waals surface area (Å²) in [5, 5.41) is 21.5. The number of benzene rings is 1. The van der Waals surface area contributed by atoms with Gasteiger partial charge in [0.25, 0.3) is 0 Å². The molecule has 0 fully saturated rings. The lowest BCUT2D eigenvalue weighted by molar-refractivity contribution is -0.153. The van der Waals surface area contributed by atoms with E-state index in [4.69, 9.17) is 0 Å².